The van der Waals surface area contributed by atoms with Crippen LogP contribution in [0.1, 0.15) is 30.0 Å². The van der Waals surface area contributed by atoms with E-state index < -0.39 is 12.0 Å². The molecule has 5 nitrogen and oxygen atoms in total. The lowest BCUT2D eigenvalue weighted by Crippen LogP contribution is -2.39. The first-order chi connectivity index (χ1) is 13.6. The van der Waals surface area contributed by atoms with Gasteiger partial charge in [-0.05, 0) is 48.7 Å². The van der Waals surface area contributed by atoms with Crippen LogP contribution in [-0.4, -0.2) is 40.7 Å². The second kappa shape index (κ2) is 7.78. The third-order valence-corrected chi connectivity index (χ3v) is 5.61. The minimum absolute atomic E-state index is 0.301. The highest BCUT2D eigenvalue weighted by Crippen LogP contribution is 2.41. The summed E-state index contributed by atoms with van der Waals surface area (Å²) in [6.07, 6.45) is 3.23. The average Bonchev–Trinajstić information content (AvgIpc) is 3.18. The molecule has 6 heteroatoms. The Labute approximate surface area is 168 Å². The van der Waals surface area contributed by atoms with Gasteiger partial charge in [0.25, 0.3) is 0 Å². The quantitative estimate of drug-likeness (QED) is 0.686. The van der Waals surface area contributed by atoms with Crippen molar-refractivity contribution in [3.63, 3.8) is 0 Å². The van der Waals surface area contributed by atoms with Crippen LogP contribution < -0.4 is 4.74 Å². The maximum Gasteiger partial charge on any atom is 0.320 e. The van der Waals surface area contributed by atoms with E-state index in [0.29, 0.717) is 23.7 Å². The van der Waals surface area contributed by atoms with Crippen LogP contribution in [0.15, 0.2) is 54.7 Å². The molecule has 0 radical (unpaired) electrons. The first-order valence-electron chi connectivity index (χ1n) is 9.26. The number of fused-ring (bicyclic) bond motifs is 1. The summed E-state index contributed by atoms with van der Waals surface area (Å²) < 4.78 is 5.62. The highest BCUT2D eigenvalue weighted by molar-refractivity contribution is 6.30. The van der Waals surface area contributed by atoms with Gasteiger partial charge in [0.1, 0.15) is 11.8 Å². The highest BCUT2D eigenvalue weighted by atomic mass is 35.5. The van der Waals surface area contributed by atoms with Crippen LogP contribution in [0.4, 0.5) is 0 Å². The molecule has 0 aliphatic carbocycles. The molecule has 28 heavy (non-hydrogen) atoms. The molecule has 144 valence electrons. The Kier molecular flexibility index (Phi) is 5.20. The minimum atomic E-state index is -0.804. The number of aliphatic carboxylic acids is 1. The van der Waals surface area contributed by atoms with Crippen molar-refractivity contribution in [3.8, 4) is 5.75 Å². The van der Waals surface area contributed by atoms with E-state index in [1.54, 1.807) is 19.4 Å². The molecule has 2 unspecified atom stereocenters. The lowest BCUT2D eigenvalue weighted by molar-refractivity contribution is -0.142. The van der Waals surface area contributed by atoms with E-state index in [9.17, 15) is 9.90 Å². The zero-order chi connectivity index (χ0) is 19.7. The molecular formula is C22H21ClN2O3. The van der Waals surface area contributed by atoms with Crippen molar-refractivity contribution in [1.29, 1.82) is 0 Å². The number of methoxy groups -OCH3 is 1. The molecule has 1 saturated heterocycles. The standard InChI is InChI=1S/C22H21ClN2O3/c1-28-20-9-8-14(23)13-17(20)21(25-12-4-7-19(25)22(26)27)16-10-11-24-18-6-3-2-5-15(16)18/h2-3,5-6,8-11,13,19,21H,4,7,12H2,1H3,(H,26,27). The van der Waals surface area contributed by atoms with Crippen LogP contribution in [0.2, 0.25) is 5.02 Å². The molecule has 1 N–H and O–H groups in total. The Hall–Kier alpha value is -2.63. The summed E-state index contributed by atoms with van der Waals surface area (Å²) in [7, 11) is 1.62. The van der Waals surface area contributed by atoms with Gasteiger partial charge in [0.2, 0.25) is 0 Å². The normalized spacial score (nSPS) is 18.3. The molecule has 0 spiro atoms. The molecule has 4 rings (SSSR count). The van der Waals surface area contributed by atoms with Crippen molar-refractivity contribution in [2.45, 2.75) is 24.9 Å². The minimum Gasteiger partial charge on any atom is -0.496 e. The van der Waals surface area contributed by atoms with Gasteiger partial charge in [0.05, 0.1) is 18.7 Å². The third-order valence-electron chi connectivity index (χ3n) is 5.37. The number of nitrogens with zero attached hydrogens (tertiary/aromatic N) is 2. The molecule has 1 aliphatic heterocycles. The number of carbonyl (C=O) groups is 1. The molecule has 1 aliphatic rings. The smallest absolute Gasteiger partial charge is 0.320 e. The highest BCUT2D eigenvalue weighted by Gasteiger charge is 2.38. The van der Waals surface area contributed by atoms with Gasteiger partial charge in [0, 0.05) is 28.7 Å². The fourth-order valence-corrected chi connectivity index (χ4v) is 4.34. The number of carboxylic acid groups (broad SMARTS) is 1. The van der Waals surface area contributed by atoms with E-state index in [-0.39, 0.29) is 6.04 Å². The van der Waals surface area contributed by atoms with Crippen LogP contribution in [0.5, 0.6) is 5.75 Å². The molecule has 2 atom stereocenters. The number of pyridine rings is 1. The van der Waals surface area contributed by atoms with Crippen molar-refractivity contribution in [2.75, 3.05) is 13.7 Å². The van der Waals surface area contributed by atoms with Crippen molar-refractivity contribution in [1.82, 2.24) is 9.88 Å². The summed E-state index contributed by atoms with van der Waals surface area (Å²) >= 11 is 6.33. The van der Waals surface area contributed by atoms with Crippen molar-refractivity contribution in [2.24, 2.45) is 0 Å². The lowest BCUT2D eigenvalue weighted by Gasteiger charge is -2.33. The third kappa shape index (κ3) is 3.32. The Balaban J connectivity index is 1.97. The Morgan fingerprint density at radius 1 is 1.25 bits per heavy atom. The first kappa shape index (κ1) is 18.7. The van der Waals surface area contributed by atoms with Crippen molar-refractivity contribution < 1.29 is 14.6 Å². The van der Waals surface area contributed by atoms with Crippen LogP contribution in [0.3, 0.4) is 0 Å². The van der Waals surface area contributed by atoms with Crippen LogP contribution in [-0.2, 0) is 4.79 Å². The molecule has 1 aromatic heterocycles. The summed E-state index contributed by atoms with van der Waals surface area (Å²) in [6.45, 7) is 0.688. The largest absolute Gasteiger partial charge is 0.496 e. The SMILES string of the molecule is COc1ccc(Cl)cc1C(c1ccnc2ccccc12)N1CCCC1C(=O)O. The van der Waals surface area contributed by atoms with Gasteiger partial charge < -0.3 is 9.84 Å². The summed E-state index contributed by atoms with van der Waals surface area (Å²) in [5.74, 6) is -0.117. The van der Waals surface area contributed by atoms with Crippen molar-refractivity contribution >= 4 is 28.5 Å². The van der Waals surface area contributed by atoms with Crippen molar-refractivity contribution in [3.05, 3.63) is 70.9 Å². The van der Waals surface area contributed by atoms with E-state index >= 15 is 0 Å². The van der Waals surface area contributed by atoms with E-state index in [1.165, 1.54) is 0 Å². The molecule has 1 fully saturated rings. The molecule has 2 aromatic carbocycles. The number of ether oxygens (including phenoxy) is 1. The number of rotatable bonds is 5. The average molecular weight is 397 g/mol. The monoisotopic (exact) mass is 396 g/mol. The van der Waals surface area contributed by atoms with Gasteiger partial charge >= 0.3 is 5.97 Å². The van der Waals surface area contributed by atoms with Crippen LogP contribution in [0.25, 0.3) is 10.9 Å². The Bertz CT molecular complexity index is 1020. The summed E-state index contributed by atoms with van der Waals surface area (Å²) in [4.78, 5) is 18.5. The maximum atomic E-state index is 12.0. The molecule has 2 heterocycles. The predicted molar refractivity (Wildman–Crippen MR) is 109 cm³/mol. The van der Waals surface area contributed by atoms with Gasteiger partial charge in [-0.1, -0.05) is 29.8 Å². The van der Waals surface area contributed by atoms with Gasteiger partial charge in [0.15, 0.2) is 0 Å². The molecule has 0 saturated carbocycles. The fraction of sp³-hybridized carbons (Fsp3) is 0.273. The molecular weight excluding hydrogens is 376 g/mol. The van der Waals surface area contributed by atoms with E-state index in [2.05, 4.69) is 4.98 Å². The van der Waals surface area contributed by atoms with E-state index in [1.807, 2.05) is 47.4 Å². The molecule has 0 bridgehead atoms. The topological polar surface area (TPSA) is 62.7 Å². The van der Waals surface area contributed by atoms with Gasteiger partial charge in [-0.15, -0.1) is 0 Å². The number of benzene rings is 2. The number of aromatic nitrogens is 1. The summed E-state index contributed by atoms with van der Waals surface area (Å²) in [5, 5.41) is 11.4. The van der Waals surface area contributed by atoms with E-state index in [0.717, 1.165) is 28.5 Å². The van der Waals surface area contributed by atoms with Gasteiger partial charge in [-0.25, -0.2) is 0 Å². The number of hydrogen-bond acceptors (Lipinski definition) is 4. The Morgan fingerprint density at radius 3 is 2.86 bits per heavy atom. The van der Waals surface area contributed by atoms with E-state index in [4.69, 9.17) is 16.3 Å². The van der Waals surface area contributed by atoms with Crippen LogP contribution in [0, 0.1) is 0 Å². The Morgan fingerprint density at radius 2 is 2.07 bits per heavy atom. The van der Waals surface area contributed by atoms with Gasteiger partial charge in [-0.3, -0.25) is 14.7 Å². The predicted octanol–water partition coefficient (Wildman–Crippen LogP) is 4.54. The number of likely N-dealkylation sites (tertiary alicyclic amines) is 1. The molecule has 0 amide bonds. The van der Waals surface area contributed by atoms with Crippen LogP contribution >= 0.6 is 11.6 Å². The maximum absolute atomic E-state index is 12.0. The summed E-state index contributed by atoms with van der Waals surface area (Å²) in [5.41, 5.74) is 2.73. The number of para-hydroxylation sites is 1. The number of hydrogen-bond donors (Lipinski definition) is 1. The fourth-order valence-electron chi connectivity index (χ4n) is 4.16. The van der Waals surface area contributed by atoms with Gasteiger partial charge in [-0.2, -0.15) is 0 Å². The lowest BCUT2D eigenvalue weighted by atomic mass is 9.93. The zero-order valence-corrected chi connectivity index (χ0v) is 16.3. The summed E-state index contributed by atoms with van der Waals surface area (Å²) in [6, 6.07) is 14.5. The first-order valence-corrected chi connectivity index (χ1v) is 9.63. The number of carboxylic acids is 1. The number of halogens is 1. The molecule has 3 aromatic rings. The second-order valence-corrected chi connectivity index (χ2v) is 7.38. The zero-order valence-electron chi connectivity index (χ0n) is 15.5. The second-order valence-electron chi connectivity index (χ2n) is 6.94.